The molecule has 0 aliphatic carbocycles. The Kier molecular flexibility index (Phi) is 3.84. The molecule has 1 unspecified atom stereocenters. The standard InChI is InChI=1S/C18H18N2O/c1-14-11-19-20(12-14)13-18(21)17-9-7-16(8-10-17)15-5-3-2-4-6-15/h2-12,18,21H,13H2,1H3. The maximum absolute atomic E-state index is 10.3. The molecule has 3 rings (SSSR count). The van der Waals surface area contributed by atoms with Gasteiger partial charge in [-0.2, -0.15) is 5.10 Å². The summed E-state index contributed by atoms with van der Waals surface area (Å²) in [7, 11) is 0. The van der Waals surface area contributed by atoms with Crippen molar-refractivity contribution in [1.29, 1.82) is 0 Å². The van der Waals surface area contributed by atoms with E-state index in [1.807, 2.05) is 55.6 Å². The lowest BCUT2D eigenvalue weighted by molar-refractivity contribution is 0.151. The molecular weight excluding hydrogens is 260 g/mol. The second-order valence-electron chi connectivity index (χ2n) is 5.24. The topological polar surface area (TPSA) is 38.0 Å². The van der Waals surface area contributed by atoms with E-state index in [9.17, 15) is 5.11 Å². The minimum Gasteiger partial charge on any atom is -0.386 e. The average molecular weight is 278 g/mol. The Bertz CT molecular complexity index is 702. The molecule has 0 spiro atoms. The minimum atomic E-state index is -0.547. The number of aliphatic hydroxyl groups is 1. The van der Waals surface area contributed by atoms with Crippen LogP contribution in [0, 0.1) is 6.92 Å². The SMILES string of the molecule is Cc1cnn(CC(O)c2ccc(-c3ccccc3)cc2)c1. The van der Waals surface area contributed by atoms with E-state index in [2.05, 4.69) is 17.2 Å². The predicted octanol–water partition coefficient (Wildman–Crippen LogP) is 3.59. The fraction of sp³-hybridized carbons (Fsp3) is 0.167. The first-order valence-electron chi connectivity index (χ1n) is 7.05. The zero-order chi connectivity index (χ0) is 14.7. The van der Waals surface area contributed by atoms with Gasteiger partial charge in [0.05, 0.1) is 18.8 Å². The summed E-state index contributed by atoms with van der Waals surface area (Å²) in [6, 6.07) is 18.3. The third-order valence-electron chi connectivity index (χ3n) is 3.52. The van der Waals surface area contributed by atoms with Gasteiger partial charge >= 0.3 is 0 Å². The number of aryl methyl sites for hydroxylation is 1. The van der Waals surface area contributed by atoms with E-state index < -0.39 is 6.10 Å². The Labute approximate surface area is 124 Å². The highest BCUT2D eigenvalue weighted by atomic mass is 16.3. The van der Waals surface area contributed by atoms with E-state index in [4.69, 9.17) is 0 Å². The fourth-order valence-corrected chi connectivity index (χ4v) is 2.38. The van der Waals surface area contributed by atoms with Crippen LogP contribution in [0.3, 0.4) is 0 Å². The van der Waals surface area contributed by atoms with Gasteiger partial charge in [0.15, 0.2) is 0 Å². The first kappa shape index (κ1) is 13.6. The Morgan fingerprint density at radius 3 is 2.29 bits per heavy atom. The summed E-state index contributed by atoms with van der Waals surface area (Å²) in [6.45, 7) is 2.46. The lowest BCUT2D eigenvalue weighted by atomic mass is 10.0. The van der Waals surface area contributed by atoms with Crippen molar-refractivity contribution in [2.24, 2.45) is 0 Å². The van der Waals surface area contributed by atoms with E-state index in [0.717, 1.165) is 16.7 Å². The molecule has 0 bridgehead atoms. The van der Waals surface area contributed by atoms with Gasteiger partial charge in [-0.3, -0.25) is 4.68 Å². The van der Waals surface area contributed by atoms with Gasteiger partial charge in [-0.05, 0) is 29.2 Å². The third kappa shape index (κ3) is 3.20. The molecule has 1 N–H and O–H groups in total. The number of benzene rings is 2. The molecule has 0 saturated heterocycles. The van der Waals surface area contributed by atoms with E-state index in [-0.39, 0.29) is 0 Å². The smallest absolute Gasteiger partial charge is 0.0985 e. The van der Waals surface area contributed by atoms with Gasteiger partial charge in [-0.25, -0.2) is 0 Å². The summed E-state index contributed by atoms with van der Waals surface area (Å²) in [6.07, 6.45) is 3.18. The van der Waals surface area contributed by atoms with Gasteiger partial charge in [0.1, 0.15) is 0 Å². The van der Waals surface area contributed by atoms with Crippen molar-refractivity contribution in [1.82, 2.24) is 9.78 Å². The molecule has 0 aliphatic rings. The van der Waals surface area contributed by atoms with E-state index in [1.54, 1.807) is 10.9 Å². The van der Waals surface area contributed by atoms with Crippen LogP contribution in [0.5, 0.6) is 0 Å². The lowest BCUT2D eigenvalue weighted by Gasteiger charge is -2.12. The normalized spacial score (nSPS) is 12.3. The summed E-state index contributed by atoms with van der Waals surface area (Å²) in [5.74, 6) is 0. The fourth-order valence-electron chi connectivity index (χ4n) is 2.38. The first-order chi connectivity index (χ1) is 10.2. The third-order valence-corrected chi connectivity index (χ3v) is 3.52. The summed E-state index contributed by atoms with van der Waals surface area (Å²) >= 11 is 0. The maximum Gasteiger partial charge on any atom is 0.0985 e. The number of aliphatic hydroxyl groups excluding tert-OH is 1. The van der Waals surface area contributed by atoms with Crippen LogP contribution in [0.1, 0.15) is 17.2 Å². The second kappa shape index (κ2) is 5.94. The molecule has 1 atom stereocenters. The molecule has 3 nitrogen and oxygen atoms in total. The van der Waals surface area contributed by atoms with Crippen LogP contribution in [0.4, 0.5) is 0 Å². The number of hydrogen-bond donors (Lipinski definition) is 1. The summed E-state index contributed by atoms with van der Waals surface area (Å²) < 4.78 is 1.77. The van der Waals surface area contributed by atoms with Gasteiger partial charge in [-0.15, -0.1) is 0 Å². The van der Waals surface area contributed by atoms with Crippen molar-refractivity contribution in [2.45, 2.75) is 19.6 Å². The molecule has 3 aromatic rings. The summed E-state index contributed by atoms with van der Waals surface area (Å²) in [5.41, 5.74) is 4.34. The van der Waals surface area contributed by atoms with Crippen molar-refractivity contribution in [2.75, 3.05) is 0 Å². The van der Waals surface area contributed by atoms with Crippen LogP contribution in [0.2, 0.25) is 0 Å². The maximum atomic E-state index is 10.3. The Balaban J connectivity index is 1.74. The highest BCUT2D eigenvalue weighted by Gasteiger charge is 2.09. The van der Waals surface area contributed by atoms with Crippen LogP contribution in [-0.2, 0) is 6.54 Å². The van der Waals surface area contributed by atoms with Gasteiger partial charge in [0.2, 0.25) is 0 Å². The van der Waals surface area contributed by atoms with Gasteiger partial charge in [-0.1, -0.05) is 54.6 Å². The Hall–Kier alpha value is -2.39. The predicted molar refractivity (Wildman–Crippen MR) is 83.8 cm³/mol. The summed E-state index contributed by atoms with van der Waals surface area (Å²) in [4.78, 5) is 0. The molecule has 2 aromatic carbocycles. The second-order valence-corrected chi connectivity index (χ2v) is 5.24. The van der Waals surface area contributed by atoms with E-state index >= 15 is 0 Å². The van der Waals surface area contributed by atoms with Crippen LogP contribution >= 0.6 is 0 Å². The summed E-state index contributed by atoms with van der Waals surface area (Å²) in [5, 5.41) is 14.5. The number of hydrogen-bond acceptors (Lipinski definition) is 2. The van der Waals surface area contributed by atoms with Gasteiger partial charge < -0.3 is 5.11 Å². The van der Waals surface area contributed by atoms with Crippen LogP contribution in [0.25, 0.3) is 11.1 Å². The van der Waals surface area contributed by atoms with E-state index in [0.29, 0.717) is 6.54 Å². The molecule has 0 fully saturated rings. The molecule has 3 heteroatoms. The minimum absolute atomic E-state index is 0.471. The zero-order valence-corrected chi connectivity index (χ0v) is 12.0. The molecular formula is C18H18N2O. The molecule has 0 aliphatic heterocycles. The highest BCUT2D eigenvalue weighted by Crippen LogP contribution is 2.22. The molecule has 1 aromatic heterocycles. The molecule has 0 saturated carbocycles. The first-order valence-corrected chi connectivity index (χ1v) is 7.05. The van der Waals surface area contributed by atoms with Gasteiger partial charge in [0.25, 0.3) is 0 Å². The van der Waals surface area contributed by atoms with Crippen molar-refractivity contribution in [3.05, 3.63) is 78.1 Å². The van der Waals surface area contributed by atoms with E-state index in [1.165, 1.54) is 5.56 Å². The zero-order valence-electron chi connectivity index (χ0n) is 12.0. The highest BCUT2D eigenvalue weighted by molar-refractivity contribution is 5.63. The largest absolute Gasteiger partial charge is 0.386 e. The van der Waals surface area contributed by atoms with Crippen molar-refractivity contribution in [3.8, 4) is 11.1 Å². The molecule has 0 amide bonds. The lowest BCUT2D eigenvalue weighted by Crippen LogP contribution is -2.08. The molecule has 1 heterocycles. The van der Waals surface area contributed by atoms with Gasteiger partial charge in [0, 0.05) is 6.20 Å². The number of rotatable bonds is 4. The molecule has 0 radical (unpaired) electrons. The van der Waals surface area contributed by atoms with Crippen molar-refractivity contribution < 1.29 is 5.11 Å². The van der Waals surface area contributed by atoms with Crippen molar-refractivity contribution >= 4 is 0 Å². The molecule has 106 valence electrons. The quantitative estimate of drug-likeness (QED) is 0.792. The van der Waals surface area contributed by atoms with Crippen LogP contribution in [0.15, 0.2) is 67.0 Å². The molecule has 21 heavy (non-hydrogen) atoms. The number of aromatic nitrogens is 2. The Morgan fingerprint density at radius 1 is 1.00 bits per heavy atom. The monoisotopic (exact) mass is 278 g/mol. The average Bonchev–Trinajstić information content (AvgIpc) is 2.93. The van der Waals surface area contributed by atoms with Crippen LogP contribution < -0.4 is 0 Å². The van der Waals surface area contributed by atoms with Crippen molar-refractivity contribution in [3.63, 3.8) is 0 Å². The van der Waals surface area contributed by atoms with Crippen LogP contribution in [-0.4, -0.2) is 14.9 Å². The number of nitrogens with zero attached hydrogens (tertiary/aromatic N) is 2. The Morgan fingerprint density at radius 2 is 1.67 bits per heavy atom.